The van der Waals surface area contributed by atoms with Crippen LogP contribution in [-0.2, 0) is 9.47 Å². The number of hydrogen-bond acceptors (Lipinski definition) is 6. The molecule has 0 unspecified atom stereocenters. The summed E-state index contributed by atoms with van der Waals surface area (Å²) in [6, 6.07) is 3.08. The van der Waals surface area contributed by atoms with Crippen LogP contribution in [0.25, 0.3) is 11.5 Å². The van der Waals surface area contributed by atoms with Crippen LogP contribution in [0.2, 0.25) is 0 Å². The molecule has 2 aromatic heterocycles. The Morgan fingerprint density at radius 2 is 1.23 bits per heavy atom. The van der Waals surface area contributed by atoms with Crippen molar-refractivity contribution in [1.29, 1.82) is 0 Å². The van der Waals surface area contributed by atoms with Crippen LogP contribution in [0.3, 0.4) is 0 Å². The molecule has 0 spiro atoms. The number of carbonyl (C=O) groups excluding carboxylic acids is 2. The van der Waals surface area contributed by atoms with E-state index in [0.29, 0.717) is 34.2 Å². The van der Waals surface area contributed by atoms with E-state index in [1.54, 1.807) is 39.8 Å². The van der Waals surface area contributed by atoms with Gasteiger partial charge in [0.1, 0.15) is 22.6 Å². The maximum Gasteiger partial charge on any atom is 0.341 e. The van der Waals surface area contributed by atoms with Gasteiger partial charge in [-0.3, -0.25) is 0 Å². The van der Waals surface area contributed by atoms with Gasteiger partial charge in [0.25, 0.3) is 0 Å². The summed E-state index contributed by atoms with van der Waals surface area (Å²) >= 11 is 0. The Labute approximate surface area is 128 Å². The van der Waals surface area contributed by atoms with Crippen LogP contribution < -0.4 is 0 Å². The largest absolute Gasteiger partial charge is 0.462 e. The van der Waals surface area contributed by atoms with E-state index in [1.165, 1.54) is 0 Å². The van der Waals surface area contributed by atoms with Gasteiger partial charge in [-0.2, -0.15) is 0 Å². The lowest BCUT2D eigenvalue weighted by molar-refractivity contribution is 0.0514. The second-order valence-electron chi connectivity index (χ2n) is 4.60. The fourth-order valence-corrected chi connectivity index (χ4v) is 2.03. The van der Waals surface area contributed by atoms with Gasteiger partial charge in [-0.05, 0) is 27.7 Å². The quantitative estimate of drug-likeness (QED) is 0.786. The molecule has 118 valence electrons. The van der Waals surface area contributed by atoms with Gasteiger partial charge in [0.15, 0.2) is 11.5 Å². The molecule has 6 heteroatoms. The minimum atomic E-state index is -0.455. The molecule has 0 fully saturated rings. The molecule has 22 heavy (non-hydrogen) atoms. The third-order valence-corrected chi connectivity index (χ3v) is 3.07. The number of aryl methyl sites for hydroxylation is 2. The number of furan rings is 2. The Kier molecular flexibility index (Phi) is 4.70. The van der Waals surface area contributed by atoms with Crippen molar-refractivity contribution < 1.29 is 27.9 Å². The van der Waals surface area contributed by atoms with Crippen molar-refractivity contribution in [2.24, 2.45) is 0 Å². The highest BCUT2D eigenvalue weighted by Crippen LogP contribution is 2.29. The number of ether oxygens (including phenoxy) is 2. The van der Waals surface area contributed by atoms with Gasteiger partial charge in [0.05, 0.1) is 13.2 Å². The first-order valence-corrected chi connectivity index (χ1v) is 7.03. The standard InChI is InChI=1S/C16H18O6/c1-5-19-15(17)11-7-13(21-9(11)3)14-8-12(10(4)22-14)16(18)20-6-2/h7-8H,5-6H2,1-4H3. The summed E-state index contributed by atoms with van der Waals surface area (Å²) in [6.07, 6.45) is 0. The summed E-state index contributed by atoms with van der Waals surface area (Å²) in [7, 11) is 0. The first kappa shape index (κ1) is 15.9. The van der Waals surface area contributed by atoms with Crippen LogP contribution in [0.4, 0.5) is 0 Å². The van der Waals surface area contributed by atoms with Crippen LogP contribution in [-0.4, -0.2) is 25.2 Å². The SMILES string of the molecule is CCOC(=O)c1cc(-c2cc(C(=O)OCC)c(C)o2)oc1C. The second kappa shape index (κ2) is 6.51. The van der Waals surface area contributed by atoms with Gasteiger partial charge >= 0.3 is 11.9 Å². The number of rotatable bonds is 5. The van der Waals surface area contributed by atoms with Crippen LogP contribution in [0.15, 0.2) is 21.0 Å². The van der Waals surface area contributed by atoms with E-state index in [-0.39, 0.29) is 13.2 Å². The number of carbonyl (C=O) groups is 2. The molecular weight excluding hydrogens is 288 g/mol. The van der Waals surface area contributed by atoms with Crippen molar-refractivity contribution in [3.63, 3.8) is 0 Å². The second-order valence-corrected chi connectivity index (χ2v) is 4.60. The van der Waals surface area contributed by atoms with E-state index in [1.807, 2.05) is 0 Å². The molecule has 0 aliphatic heterocycles. The van der Waals surface area contributed by atoms with Crippen molar-refractivity contribution >= 4 is 11.9 Å². The van der Waals surface area contributed by atoms with E-state index in [4.69, 9.17) is 18.3 Å². The van der Waals surface area contributed by atoms with Gasteiger partial charge in [-0.15, -0.1) is 0 Å². The average Bonchev–Trinajstić information content (AvgIpc) is 3.02. The molecule has 2 rings (SSSR count). The first-order valence-electron chi connectivity index (χ1n) is 7.03. The van der Waals surface area contributed by atoms with Crippen LogP contribution in [0.1, 0.15) is 46.1 Å². The van der Waals surface area contributed by atoms with Crippen molar-refractivity contribution in [2.75, 3.05) is 13.2 Å². The molecule has 2 aromatic rings. The highest BCUT2D eigenvalue weighted by atomic mass is 16.5. The highest BCUT2D eigenvalue weighted by molar-refractivity contribution is 5.93. The van der Waals surface area contributed by atoms with E-state index >= 15 is 0 Å². The summed E-state index contributed by atoms with van der Waals surface area (Å²) < 4.78 is 21.0. The lowest BCUT2D eigenvalue weighted by atomic mass is 10.2. The molecule has 0 aliphatic carbocycles. The Bertz CT molecular complexity index is 631. The maximum absolute atomic E-state index is 11.8. The summed E-state index contributed by atoms with van der Waals surface area (Å²) in [4.78, 5) is 23.6. The molecule has 0 radical (unpaired) electrons. The van der Waals surface area contributed by atoms with Crippen LogP contribution >= 0.6 is 0 Å². The minimum Gasteiger partial charge on any atom is -0.462 e. The van der Waals surface area contributed by atoms with E-state index < -0.39 is 11.9 Å². The number of esters is 2. The minimum absolute atomic E-state index is 0.283. The Balaban J connectivity index is 2.33. The summed E-state index contributed by atoms with van der Waals surface area (Å²) in [6.45, 7) is 7.36. The molecule has 0 N–H and O–H groups in total. The topological polar surface area (TPSA) is 78.9 Å². The molecule has 0 amide bonds. The lowest BCUT2D eigenvalue weighted by Gasteiger charge is -1.97. The Morgan fingerprint density at radius 3 is 1.55 bits per heavy atom. The van der Waals surface area contributed by atoms with Gasteiger partial charge in [0, 0.05) is 12.1 Å². The molecule has 0 saturated carbocycles. The fourth-order valence-electron chi connectivity index (χ4n) is 2.03. The predicted octanol–water partition coefficient (Wildman–Crippen LogP) is 3.51. The summed E-state index contributed by atoms with van der Waals surface area (Å²) in [5, 5.41) is 0. The zero-order valence-corrected chi connectivity index (χ0v) is 13.0. The third-order valence-electron chi connectivity index (χ3n) is 3.07. The molecule has 0 atom stereocenters. The van der Waals surface area contributed by atoms with Gasteiger partial charge < -0.3 is 18.3 Å². The van der Waals surface area contributed by atoms with E-state index in [9.17, 15) is 9.59 Å². The Morgan fingerprint density at radius 1 is 0.864 bits per heavy atom. The predicted molar refractivity (Wildman–Crippen MR) is 77.8 cm³/mol. The normalized spacial score (nSPS) is 10.5. The molecule has 6 nitrogen and oxygen atoms in total. The first-order chi connectivity index (χ1) is 10.5. The van der Waals surface area contributed by atoms with Crippen LogP contribution in [0.5, 0.6) is 0 Å². The van der Waals surface area contributed by atoms with Gasteiger partial charge in [-0.25, -0.2) is 9.59 Å². The van der Waals surface area contributed by atoms with Crippen LogP contribution in [0, 0.1) is 13.8 Å². The monoisotopic (exact) mass is 306 g/mol. The fraction of sp³-hybridized carbons (Fsp3) is 0.375. The zero-order chi connectivity index (χ0) is 16.3. The number of hydrogen-bond donors (Lipinski definition) is 0. The molecule has 2 heterocycles. The summed E-state index contributed by atoms with van der Waals surface area (Å²) in [5.41, 5.74) is 0.673. The van der Waals surface area contributed by atoms with Crippen molar-refractivity contribution in [2.45, 2.75) is 27.7 Å². The van der Waals surface area contributed by atoms with E-state index in [0.717, 1.165) is 0 Å². The van der Waals surface area contributed by atoms with Crippen molar-refractivity contribution in [3.05, 3.63) is 34.8 Å². The van der Waals surface area contributed by atoms with Crippen molar-refractivity contribution in [1.82, 2.24) is 0 Å². The molecule has 0 saturated heterocycles. The molecular formula is C16H18O6. The molecule has 0 aromatic carbocycles. The van der Waals surface area contributed by atoms with Gasteiger partial charge in [-0.1, -0.05) is 0 Å². The average molecular weight is 306 g/mol. The summed E-state index contributed by atoms with van der Waals surface area (Å²) in [5.74, 6) is 0.673. The maximum atomic E-state index is 11.8. The Hall–Kier alpha value is -2.50. The lowest BCUT2D eigenvalue weighted by Crippen LogP contribution is -2.04. The highest BCUT2D eigenvalue weighted by Gasteiger charge is 2.22. The third kappa shape index (κ3) is 3.05. The van der Waals surface area contributed by atoms with Gasteiger partial charge in [0.2, 0.25) is 0 Å². The zero-order valence-electron chi connectivity index (χ0n) is 13.0. The van der Waals surface area contributed by atoms with Crippen molar-refractivity contribution in [3.8, 4) is 11.5 Å². The molecule has 0 aliphatic rings. The van der Waals surface area contributed by atoms with E-state index in [2.05, 4.69) is 0 Å². The smallest absolute Gasteiger partial charge is 0.341 e. The molecule has 0 bridgehead atoms.